The Labute approximate surface area is 217 Å². The second-order valence-electron chi connectivity index (χ2n) is 9.38. The first-order valence-corrected chi connectivity index (χ1v) is 12.3. The maximum Gasteiger partial charge on any atom is 0.417 e. The molecule has 192 valence electrons. The van der Waals surface area contributed by atoms with Gasteiger partial charge in [0.05, 0.1) is 35.2 Å². The van der Waals surface area contributed by atoms with Gasteiger partial charge in [-0.15, -0.1) is 0 Å². The third-order valence-electron chi connectivity index (χ3n) is 7.30. The lowest BCUT2D eigenvalue weighted by atomic mass is 9.65. The highest BCUT2D eigenvalue weighted by molar-refractivity contribution is 6.31. The van der Waals surface area contributed by atoms with E-state index in [1.54, 1.807) is 24.3 Å². The van der Waals surface area contributed by atoms with Gasteiger partial charge in [0.1, 0.15) is 11.5 Å². The van der Waals surface area contributed by atoms with E-state index in [0.29, 0.717) is 24.1 Å². The van der Waals surface area contributed by atoms with E-state index in [-0.39, 0.29) is 22.9 Å². The van der Waals surface area contributed by atoms with E-state index in [4.69, 9.17) is 16.3 Å². The van der Waals surface area contributed by atoms with Gasteiger partial charge in [0, 0.05) is 24.6 Å². The van der Waals surface area contributed by atoms with Crippen LogP contribution in [-0.2, 0) is 22.2 Å². The minimum Gasteiger partial charge on any atom is -0.497 e. The Morgan fingerprint density at radius 3 is 2.46 bits per heavy atom. The molecule has 2 aliphatic rings. The van der Waals surface area contributed by atoms with E-state index >= 15 is 0 Å². The minimum atomic E-state index is -4.63. The van der Waals surface area contributed by atoms with Gasteiger partial charge in [-0.1, -0.05) is 48.0 Å². The SMILES string of the molecule is COc1ccc([C@@H]2CC(=O)[C@H]([C@@H]3NCCc4ccccc43)C(=O)[C@@H]2c2ncc(C(F)(F)F)cc2Cl)cc1. The van der Waals surface area contributed by atoms with Crippen molar-refractivity contribution in [2.45, 2.75) is 36.9 Å². The maximum absolute atomic E-state index is 14.2. The number of Topliss-reactive ketones (excluding diaryl/α,β-unsaturated/α-hetero) is 2. The molecule has 1 saturated carbocycles. The number of carbonyl (C=O) groups is 2. The Hall–Kier alpha value is -3.23. The summed E-state index contributed by atoms with van der Waals surface area (Å²) in [4.78, 5) is 31.8. The van der Waals surface area contributed by atoms with E-state index in [1.165, 1.54) is 7.11 Å². The van der Waals surface area contributed by atoms with E-state index in [0.717, 1.165) is 23.6 Å². The van der Waals surface area contributed by atoms with Crippen molar-refractivity contribution in [3.05, 3.63) is 93.8 Å². The molecule has 0 radical (unpaired) electrons. The maximum atomic E-state index is 14.2. The molecule has 9 heteroatoms. The Balaban J connectivity index is 1.60. The zero-order valence-corrected chi connectivity index (χ0v) is 20.6. The van der Waals surface area contributed by atoms with E-state index < -0.39 is 41.3 Å². The average Bonchev–Trinajstić information content (AvgIpc) is 2.88. The van der Waals surface area contributed by atoms with Gasteiger partial charge in [0.25, 0.3) is 0 Å². The molecule has 0 amide bonds. The van der Waals surface area contributed by atoms with Gasteiger partial charge in [0.2, 0.25) is 0 Å². The van der Waals surface area contributed by atoms with Crippen LogP contribution in [0.15, 0.2) is 60.8 Å². The normalized spacial score (nSPS) is 24.0. The zero-order valence-electron chi connectivity index (χ0n) is 19.9. The Morgan fingerprint density at radius 2 is 1.78 bits per heavy atom. The molecule has 1 aliphatic carbocycles. The molecule has 2 heterocycles. The molecule has 0 spiro atoms. The second kappa shape index (κ2) is 9.91. The van der Waals surface area contributed by atoms with Crippen LogP contribution in [-0.4, -0.2) is 30.2 Å². The summed E-state index contributed by atoms with van der Waals surface area (Å²) in [6.45, 7) is 0.602. The van der Waals surface area contributed by atoms with Gasteiger partial charge in [-0.3, -0.25) is 14.6 Å². The first-order chi connectivity index (χ1) is 17.7. The van der Waals surface area contributed by atoms with Gasteiger partial charge in [-0.25, -0.2) is 0 Å². The number of carbonyl (C=O) groups excluding carboxylic acids is 2. The fourth-order valence-electron chi connectivity index (χ4n) is 5.52. The van der Waals surface area contributed by atoms with Crippen molar-refractivity contribution >= 4 is 23.2 Å². The average molecular weight is 529 g/mol. The molecule has 1 aromatic heterocycles. The molecule has 5 rings (SSSR count). The number of nitrogens with zero attached hydrogens (tertiary/aromatic N) is 1. The number of ketones is 2. The van der Waals surface area contributed by atoms with Crippen LogP contribution in [0.1, 0.15) is 52.2 Å². The number of hydrogen-bond acceptors (Lipinski definition) is 5. The van der Waals surface area contributed by atoms with Crippen LogP contribution in [0, 0.1) is 5.92 Å². The number of halogens is 4. The van der Waals surface area contributed by atoms with Crippen LogP contribution in [0.4, 0.5) is 13.2 Å². The van der Waals surface area contributed by atoms with Gasteiger partial charge < -0.3 is 10.1 Å². The van der Waals surface area contributed by atoms with Crippen LogP contribution in [0.2, 0.25) is 5.02 Å². The third-order valence-corrected chi connectivity index (χ3v) is 7.60. The van der Waals surface area contributed by atoms with Crippen molar-refractivity contribution in [3.8, 4) is 5.75 Å². The number of methoxy groups -OCH3 is 1. The summed E-state index contributed by atoms with van der Waals surface area (Å²) in [7, 11) is 1.52. The topological polar surface area (TPSA) is 68.3 Å². The van der Waals surface area contributed by atoms with Crippen LogP contribution in [0.25, 0.3) is 0 Å². The van der Waals surface area contributed by atoms with Crippen molar-refractivity contribution < 1.29 is 27.5 Å². The van der Waals surface area contributed by atoms with Crippen molar-refractivity contribution in [1.29, 1.82) is 0 Å². The highest BCUT2D eigenvalue weighted by atomic mass is 35.5. The molecule has 37 heavy (non-hydrogen) atoms. The summed E-state index contributed by atoms with van der Waals surface area (Å²) in [5, 5.41) is 3.08. The molecule has 5 nitrogen and oxygen atoms in total. The van der Waals surface area contributed by atoms with Crippen LogP contribution < -0.4 is 10.1 Å². The molecular weight excluding hydrogens is 505 g/mol. The first-order valence-electron chi connectivity index (χ1n) is 11.9. The van der Waals surface area contributed by atoms with Crippen molar-refractivity contribution in [1.82, 2.24) is 10.3 Å². The van der Waals surface area contributed by atoms with E-state index in [2.05, 4.69) is 10.3 Å². The molecular formula is C28H24ClF3N2O3. The van der Waals surface area contributed by atoms with Crippen LogP contribution in [0.5, 0.6) is 5.75 Å². The van der Waals surface area contributed by atoms with Gasteiger partial charge in [-0.2, -0.15) is 13.2 Å². The summed E-state index contributed by atoms with van der Waals surface area (Å²) in [5.74, 6) is -2.68. The lowest BCUT2D eigenvalue weighted by molar-refractivity contribution is -0.139. The number of ether oxygens (including phenoxy) is 1. The Bertz CT molecular complexity index is 1340. The highest BCUT2D eigenvalue weighted by Gasteiger charge is 2.50. The molecule has 0 saturated heterocycles. The molecule has 1 N–H and O–H groups in total. The summed E-state index contributed by atoms with van der Waals surface area (Å²) >= 11 is 6.35. The molecule has 1 fully saturated rings. The number of aromatic nitrogens is 1. The van der Waals surface area contributed by atoms with Gasteiger partial charge in [0.15, 0.2) is 5.78 Å². The smallest absolute Gasteiger partial charge is 0.417 e. The van der Waals surface area contributed by atoms with Crippen LogP contribution >= 0.6 is 11.6 Å². The largest absolute Gasteiger partial charge is 0.497 e. The van der Waals surface area contributed by atoms with Crippen molar-refractivity contribution in [2.75, 3.05) is 13.7 Å². The lowest BCUT2D eigenvalue weighted by Crippen LogP contribution is -2.47. The fourth-order valence-corrected chi connectivity index (χ4v) is 5.80. The quantitative estimate of drug-likeness (QED) is 0.442. The standard InChI is InChI=1S/C28H24ClF3N2O3/c1-37-18-8-6-16(7-9-18)20-13-22(35)24(25-19-5-3-2-4-15(19)10-11-33-25)27(36)23(20)26-21(29)12-17(14-34-26)28(30,31)32/h2-9,12,14,20,23-25,33H,10-11,13H2,1H3/t20-,23-,24+,25+/m0/s1. The number of benzene rings is 2. The number of rotatable bonds is 4. The predicted molar refractivity (Wildman–Crippen MR) is 132 cm³/mol. The molecule has 1 aliphatic heterocycles. The predicted octanol–water partition coefficient (Wildman–Crippen LogP) is 5.67. The summed E-state index contributed by atoms with van der Waals surface area (Å²) in [6, 6.07) is 14.9. The summed E-state index contributed by atoms with van der Waals surface area (Å²) in [6.07, 6.45) is -3.15. The Kier molecular flexibility index (Phi) is 6.81. The second-order valence-corrected chi connectivity index (χ2v) is 9.78. The first kappa shape index (κ1) is 25.4. The van der Waals surface area contributed by atoms with Crippen molar-refractivity contribution in [2.24, 2.45) is 5.92 Å². The molecule has 0 unspecified atom stereocenters. The van der Waals surface area contributed by atoms with Gasteiger partial charge >= 0.3 is 6.18 Å². The molecule has 3 aromatic rings. The molecule has 4 atom stereocenters. The molecule has 0 bridgehead atoms. The Morgan fingerprint density at radius 1 is 1.05 bits per heavy atom. The fraction of sp³-hybridized carbons (Fsp3) is 0.321. The number of pyridine rings is 1. The van der Waals surface area contributed by atoms with Crippen molar-refractivity contribution in [3.63, 3.8) is 0 Å². The van der Waals surface area contributed by atoms with Crippen LogP contribution in [0.3, 0.4) is 0 Å². The molecule has 2 aromatic carbocycles. The summed E-state index contributed by atoms with van der Waals surface area (Å²) < 4.78 is 45.1. The monoisotopic (exact) mass is 528 g/mol. The number of alkyl halides is 3. The highest BCUT2D eigenvalue weighted by Crippen LogP contribution is 2.48. The van der Waals surface area contributed by atoms with Gasteiger partial charge in [-0.05, 0) is 47.9 Å². The minimum absolute atomic E-state index is 0.0206. The third kappa shape index (κ3) is 4.76. The van der Waals surface area contributed by atoms with E-state index in [9.17, 15) is 22.8 Å². The number of fused-ring (bicyclic) bond motifs is 1. The zero-order chi connectivity index (χ0) is 26.3. The van der Waals surface area contributed by atoms with E-state index in [1.807, 2.05) is 24.3 Å². The number of nitrogens with one attached hydrogen (secondary N) is 1. The lowest BCUT2D eigenvalue weighted by Gasteiger charge is -2.39. The summed E-state index contributed by atoms with van der Waals surface area (Å²) in [5.41, 5.74) is 1.67. The number of hydrogen-bond donors (Lipinski definition) is 1.